The van der Waals surface area contributed by atoms with E-state index in [0.29, 0.717) is 31.9 Å². The second kappa shape index (κ2) is 7.32. The van der Waals surface area contributed by atoms with Gasteiger partial charge in [-0.25, -0.2) is 0 Å². The molecule has 0 aliphatic heterocycles. The topological polar surface area (TPSA) is 92.9 Å². The number of ketones is 2. The smallest absolute Gasteiger partial charge is 0.265 e. The quantitative estimate of drug-likeness (QED) is 0.588. The van der Waals surface area contributed by atoms with Crippen molar-refractivity contribution in [3.05, 3.63) is 23.5 Å². The first-order valence-corrected chi connectivity index (χ1v) is 9.35. The maximum absolute atomic E-state index is 13.1. The molecule has 1 unspecified atom stereocenters. The number of carbonyl (C=O) groups is 2. The molecule has 1 heterocycles. The molecule has 7 heteroatoms. The zero-order valence-electron chi connectivity index (χ0n) is 15.5. The van der Waals surface area contributed by atoms with E-state index in [1.807, 2.05) is 20.8 Å². The van der Waals surface area contributed by atoms with Crippen LogP contribution in [0.3, 0.4) is 0 Å². The molecule has 0 bridgehead atoms. The number of aliphatic hydroxyl groups is 1. The Labute approximate surface area is 153 Å². The lowest BCUT2D eigenvalue weighted by atomic mass is 9.65. The van der Waals surface area contributed by atoms with Gasteiger partial charge in [-0.05, 0) is 37.2 Å². The highest BCUT2D eigenvalue weighted by Gasteiger charge is 2.61. The van der Waals surface area contributed by atoms with Gasteiger partial charge < -0.3 is 14.4 Å². The lowest BCUT2D eigenvalue weighted by Gasteiger charge is -2.45. The SMILES string of the molecule is CCCCOc1noc2c1C(=O)[C@@]1(O)C(=O)C=CCC1[C@@H]2N(CC)CC. The molecule has 0 saturated heterocycles. The first-order chi connectivity index (χ1) is 12.5. The van der Waals surface area contributed by atoms with Crippen LogP contribution in [0.25, 0.3) is 0 Å². The molecule has 0 amide bonds. The number of rotatable bonds is 7. The van der Waals surface area contributed by atoms with Gasteiger partial charge in [0.2, 0.25) is 5.78 Å². The Bertz CT molecular complexity index is 722. The molecule has 26 heavy (non-hydrogen) atoms. The van der Waals surface area contributed by atoms with Gasteiger partial charge in [0.25, 0.3) is 5.88 Å². The summed E-state index contributed by atoms with van der Waals surface area (Å²) >= 11 is 0. The van der Waals surface area contributed by atoms with Crippen molar-refractivity contribution in [3.63, 3.8) is 0 Å². The Balaban J connectivity index is 2.12. The van der Waals surface area contributed by atoms with Crippen LogP contribution in [0.15, 0.2) is 16.7 Å². The van der Waals surface area contributed by atoms with Gasteiger partial charge in [0.15, 0.2) is 17.1 Å². The van der Waals surface area contributed by atoms with Crippen LogP contribution in [0.5, 0.6) is 5.88 Å². The highest BCUT2D eigenvalue weighted by Crippen LogP contribution is 2.49. The van der Waals surface area contributed by atoms with Crippen LogP contribution in [0.1, 0.15) is 62.2 Å². The average molecular weight is 362 g/mol. The first kappa shape index (κ1) is 18.8. The monoisotopic (exact) mass is 362 g/mol. The van der Waals surface area contributed by atoms with Crippen LogP contribution < -0.4 is 4.74 Å². The third kappa shape index (κ3) is 2.70. The molecule has 1 aromatic heterocycles. The van der Waals surface area contributed by atoms with Crippen LogP contribution in [0, 0.1) is 5.92 Å². The highest BCUT2D eigenvalue weighted by molar-refractivity contribution is 6.23. The molecule has 1 N–H and O–H groups in total. The predicted octanol–water partition coefficient (Wildman–Crippen LogP) is 2.31. The van der Waals surface area contributed by atoms with E-state index in [1.54, 1.807) is 6.08 Å². The normalized spacial score (nSPS) is 27.6. The fourth-order valence-electron chi connectivity index (χ4n) is 3.96. The zero-order valence-corrected chi connectivity index (χ0v) is 15.5. The fraction of sp³-hybridized carbons (Fsp3) is 0.632. The van der Waals surface area contributed by atoms with Crippen LogP contribution in [0.2, 0.25) is 0 Å². The summed E-state index contributed by atoms with van der Waals surface area (Å²) in [5.74, 6) is -1.38. The Kier molecular flexibility index (Phi) is 5.29. The summed E-state index contributed by atoms with van der Waals surface area (Å²) in [5.41, 5.74) is -1.98. The lowest BCUT2D eigenvalue weighted by molar-refractivity contribution is -0.137. The molecule has 3 atom stereocenters. The third-order valence-electron chi connectivity index (χ3n) is 5.42. The number of fused-ring (bicyclic) bond motifs is 2. The molecule has 2 aliphatic rings. The van der Waals surface area contributed by atoms with Crippen molar-refractivity contribution in [2.24, 2.45) is 5.92 Å². The Morgan fingerprint density at radius 2 is 2.08 bits per heavy atom. The summed E-state index contributed by atoms with van der Waals surface area (Å²) in [6.07, 6.45) is 5.17. The highest BCUT2D eigenvalue weighted by atomic mass is 16.5. The van der Waals surface area contributed by atoms with Gasteiger partial charge in [-0.15, -0.1) is 0 Å². The molecule has 2 aliphatic carbocycles. The molecular formula is C19H26N2O5. The van der Waals surface area contributed by atoms with Crippen LogP contribution in [-0.4, -0.2) is 52.0 Å². The van der Waals surface area contributed by atoms with Crippen molar-refractivity contribution in [3.8, 4) is 5.88 Å². The molecular weight excluding hydrogens is 336 g/mol. The molecule has 0 aromatic carbocycles. The van der Waals surface area contributed by atoms with Gasteiger partial charge in [0.1, 0.15) is 5.56 Å². The Morgan fingerprint density at radius 3 is 2.73 bits per heavy atom. The maximum Gasteiger partial charge on any atom is 0.265 e. The number of Topliss-reactive ketones (excluding diaryl/α,β-unsaturated/α-hetero) is 1. The second-order valence-electron chi connectivity index (χ2n) is 6.80. The standard InChI is InChI=1S/C19H26N2O5/c1-4-7-11-25-18-14-16(26-20-18)15(21(5-2)6-3)12-9-8-10-13(22)19(12,24)17(14)23/h8,10,12,15,24H,4-7,9,11H2,1-3H3/t12?,15-,19-/m0/s1. The Hall–Kier alpha value is -1.99. The van der Waals surface area contributed by atoms with Crippen molar-refractivity contribution in [1.82, 2.24) is 10.1 Å². The second-order valence-corrected chi connectivity index (χ2v) is 6.80. The molecule has 3 rings (SSSR count). The van der Waals surface area contributed by atoms with E-state index in [1.165, 1.54) is 6.08 Å². The van der Waals surface area contributed by atoms with E-state index in [4.69, 9.17) is 9.26 Å². The van der Waals surface area contributed by atoms with Crippen molar-refractivity contribution >= 4 is 11.6 Å². The fourth-order valence-corrected chi connectivity index (χ4v) is 3.96. The zero-order chi connectivity index (χ0) is 18.9. The summed E-state index contributed by atoms with van der Waals surface area (Å²) < 4.78 is 11.2. The minimum atomic E-state index is -2.09. The number of allylic oxidation sites excluding steroid dienone is 1. The van der Waals surface area contributed by atoms with Crippen molar-refractivity contribution in [2.75, 3.05) is 19.7 Å². The summed E-state index contributed by atoms with van der Waals surface area (Å²) in [6.45, 7) is 7.79. The van der Waals surface area contributed by atoms with E-state index in [-0.39, 0.29) is 11.4 Å². The molecule has 0 saturated carbocycles. The minimum absolute atomic E-state index is 0.0739. The van der Waals surface area contributed by atoms with Gasteiger partial charge >= 0.3 is 0 Å². The molecule has 0 spiro atoms. The van der Waals surface area contributed by atoms with E-state index >= 15 is 0 Å². The maximum atomic E-state index is 13.1. The average Bonchev–Trinajstić information content (AvgIpc) is 3.05. The third-order valence-corrected chi connectivity index (χ3v) is 5.42. The van der Waals surface area contributed by atoms with Crippen molar-refractivity contribution < 1.29 is 24.0 Å². The van der Waals surface area contributed by atoms with Crippen LogP contribution in [0.4, 0.5) is 0 Å². The molecule has 0 radical (unpaired) electrons. The van der Waals surface area contributed by atoms with Gasteiger partial charge in [0.05, 0.1) is 12.6 Å². The first-order valence-electron chi connectivity index (χ1n) is 9.35. The van der Waals surface area contributed by atoms with Gasteiger partial charge in [0, 0.05) is 5.92 Å². The van der Waals surface area contributed by atoms with Gasteiger partial charge in [-0.2, -0.15) is 0 Å². The lowest BCUT2D eigenvalue weighted by Crippen LogP contribution is -2.60. The number of hydrogen-bond acceptors (Lipinski definition) is 7. The van der Waals surface area contributed by atoms with Gasteiger partial charge in [-0.3, -0.25) is 14.5 Å². The van der Waals surface area contributed by atoms with E-state index in [0.717, 1.165) is 12.8 Å². The van der Waals surface area contributed by atoms with E-state index in [9.17, 15) is 14.7 Å². The summed E-state index contributed by atoms with van der Waals surface area (Å²) in [5, 5.41) is 15.1. The summed E-state index contributed by atoms with van der Waals surface area (Å²) in [7, 11) is 0. The van der Waals surface area contributed by atoms with Crippen molar-refractivity contribution in [2.45, 2.75) is 51.7 Å². The summed E-state index contributed by atoms with van der Waals surface area (Å²) in [6, 6.07) is -0.410. The minimum Gasteiger partial charge on any atom is -0.475 e. The van der Waals surface area contributed by atoms with E-state index < -0.39 is 29.1 Å². The van der Waals surface area contributed by atoms with Crippen LogP contribution >= 0.6 is 0 Å². The summed E-state index contributed by atoms with van der Waals surface area (Å²) in [4.78, 5) is 27.8. The number of unbranched alkanes of at least 4 members (excludes halogenated alkanes) is 1. The van der Waals surface area contributed by atoms with Crippen LogP contribution in [-0.2, 0) is 4.79 Å². The molecule has 142 valence electrons. The molecule has 1 aromatic rings. The number of carbonyl (C=O) groups excluding carboxylic acids is 2. The van der Waals surface area contributed by atoms with Crippen molar-refractivity contribution in [1.29, 1.82) is 0 Å². The van der Waals surface area contributed by atoms with Gasteiger partial charge in [-0.1, -0.05) is 33.3 Å². The molecule has 7 nitrogen and oxygen atoms in total. The number of ether oxygens (including phenoxy) is 1. The number of nitrogens with zero attached hydrogens (tertiary/aromatic N) is 2. The predicted molar refractivity (Wildman–Crippen MR) is 94.1 cm³/mol. The number of aromatic nitrogens is 1. The molecule has 0 fully saturated rings. The van der Waals surface area contributed by atoms with E-state index in [2.05, 4.69) is 10.1 Å². The number of hydrogen-bond donors (Lipinski definition) is 1. The Morgan fingerprint density at radius 1 is 1.35 bits per heavy atom. The largest absolute Gasteiger partial charge is 0.475 e.